The highest BCUT2D eigenvalue weighted by molar-refractivity contribution is 5.74. The fourth-order valence-corrected chi connectivity index (χ4v) is 0.693. The Kier molecular flexibility index (Phi) is 2.63. The van der Waals surface area contributed by atoms with E-state index in [-0.39, 0.29) is 11.7 Å². The molecule has 0 aliphatic heterocycles. The second-order valence-corrected chi connectivity index (χ2v) is 2.31. The number of halogens is 1. The van der Waals surface area contributed by atoms with E-state index in [9.17, 15) is 9.18 Å². The lowest BCUT2D eigenvalue weighted by atomic mass is 10.3. The van der Waals surface area contributed by atoms with E-state index in [0.29, 0.717) is 5.69 Å². The zero-order valence-corrected chi connectivity index (χ0v) is 6.60. The fourth-order valence-electron chi connectivity index (χ4n) is 0.693. The molecule has 0 aliphatic carbocycles. The van der Waals surface area contributed by atoms with Crippen LogP contribution >= 0.6 is 0 Å². The third-order valence-electron chi connectivity index (χ3n) is 1.23. The van der Waals surface area contributed by atoms with Crippen LogP contribution in [0.4, 0.5) is 10.1 Å². The third-order valence-corrected chi connectivity index (χ3v) is 1.23. The summed E-state index contributed by atoms with van der Waals surface area (Å²) in [5.74, 6) is -0.497. The summed E-state index contributed by atoms with van der Waals surface area (Å²) in [4.78, 5) is 10.4. The molecular formula is C8H9FN2O. The molecule has 1 aromatic carbocycles. The molecule has 64 valence electrons. The molecular weight excluding hydrogens is 159 g/mol. The van der Waals surface area contributed by atoms with Crippen molar-refractivity contribution >= 4 is 11.6 Å². The molecule has 1 aromatic rings. The van der Waals surface area contributed by atoms with Crippen molar-refractivity contribution in [2.45, 2.75) is 6.92 Å². The van der Waals surface area contributed by atoms with Crippen LogP contribution in [0.3, 0.4) is 0 Å². The maximum absolute atomic E-state index is 12.4. The number of hydrogen-bond donors (Lipinski definition) is 2. The van der Waals surface area contributed by atoms with E-state index >= 15 is 0 Å². The Balaban J connectivity index is 2.53. The fraction of sp³-hybridized carbons (Fsp3) is 0.125. The number of rotatable bonds is 2. The lowest BCUT2D eigenvalue weighted by molar-refractivity contribution is -0.118. The summed E-state index contributed by atoms with van der Waals surface area (Å²) >= 11 is 0. The first kappa shape index (κ1) is 8.52. The summed E-state index contributed by atoms with van der Waals surface area (Å²) in [5, 5.41) is 0. The second-order valence-electron chi connectivity index (χ2n) is 2.31. The summed E-state index contributed by atoms with van der Waals surface area (Å²) < 4.78 is 12.4. The Hall–Kier alpha value is -1.58. The molecule has 0 unspecified atom stereocenters. The van der Waals surface area contributed by atoms with Crippen molar-refractivity contribution in [3.8, 4) is 0 Å². The summed E-state index contributed by atoms with van der Waals surface area (Å²) in [5.41, 5.74) is 5.62. The summed E-state index contributed by atoms with van der Waals surface area (Å²) in [6, 6.07) is 5.69. The molecule has 1 amide bonds. The number of anilines is 1. The van der Waals surface area contributed by atoms with Crippen molar-refractivity contribution in [2.75, 3.05) is 5.43 Å². The van der Waals surface area contributed by atoms with Gasteiger partial charge in [-0.25, -0.2) is 4.39 Å². The average molecular weight is 168 g/mol. The van der Waals surface area contributed by atoms with Crippen LogP contribution in [0.5, 0.6) is 0 Å². The summed E-state index contributed by atoms with van der Waals surface area (Å²) in [6.45, 7) is 1.39. The average Bonchev–Trinajstić information content (AvgIpc) is 2.03. The van der Waals surface area contributed by atoms with E-state index in [0.717, 1.165) is 0 Å². The molecule has 0 fully saturated rings. The first-order chi connectivity index (χ1) is 5.68. The quantitative estimate of drug-likeness (QED) is 0.653. The van der Waals surface area contributed by atoms with Gasteiger partial charge in [0.2, 0.25) is 5.91 Å². The van der Waals surface area contributed by atoms with Crippen LogP contribution < -0.4 is 10.9 Å². The van der Waals surface area contributed by atoms with E-state index in [1.807, 2.05) is 0 Å². The van der Waals surface area contributed by atoms with E-state index in [2.05, 4.69) is 10.9 Å². The van der Waals surface area contributed by atoms with Gasteiger partial charge < -0.3 is 0 Å². The number of nitrogens with one attached hydrogen (secondary N) is 2. The minimum absolute atomic E-state index is 0.195. The SMILES string of the molecule is CC(=O)NNc1ccc(F)cc1. The van der Waals surface area contributed by atoms with Crippen molar-refractivity contribution in [3.63, 3.8) is 0 Å². The second kappa shape index (κ2) is 3.71. The van der Waals surface area contributed by atoms with Gasteiger partial charge in [0, 0.05) is 6.92 Å². The molecule has 2 N–H and O–H groups in total. The Morgan fingerprint density at radius 2 is 1.92 bits per heavy atom. The number of carbonyl (C=O) groups excluding carboxylic acids is 1. The Labute approximate surface area is 69.6 Å². The van der Waals surface area contributed by atoms with Gasteiger partial charge in [0.1, 0.15) is 5.82 Å². The van der Waals surface area contributed by atoms with E-state index in [1.54, 1.807) is 0 Å². The van der Waals surface area contributed by atoms with Crippen molar-refractivity contribution < 1.29 is 9.18 Å². The normalized spacial score (nSPS) is 9.17. The van der Waals surface area contributed by atoms with Gasteiger partial charge in [-0.1, -0.05) is 0 Å². The molecule has 0 aromatic heterocycles. The molecule has 0 saturated heterocycles. The maximum atomic E-state index is 12.4. The highest BCUT2D eigenvalue weighted by Crippen LogP contribution is 2.06. The molecule has 0 aliphatic rings. The molecule has 3 nitrogen and oxygen atoms in total. The van der Waals surface area contributed by atoms with E-state index in [1.165, 1.54) is 31.2 Å². The van der Waals surface area contributed by atoms with Crippen LogP contribution in [0.15, 0.2) is 24.3 Å². The first-order valence-electron chi connectivity index (χ1n) is 3.46. The number of amides is 1. The predicted octanol–water partition coefficient (Wildman–Crippen LogP) is 1.29. The molecule has 0 spiro atoms. The Morgan fingerprint density at radius 1 is 1.33 bits per heavy atom. The van der Waals surface area contributed by atoms with Crippen molar-refractivity contribution in [2.24, 2.45) is 0 Å². The highest BCUT2D eigenvalue weighted by Gasteiger charge is 1.92. The van der Waals surface area contributed by atoms with Crippen LogP contribution in [-0.2, 0) is 4.79 Å². The van der Waals surface area contributed by atoms with Crippen molar-refractivity contribution in [1.29, 1.82) is 0 Å². The molecule has 1 rings (SSSR count). The Morgan fingerprint density at radius 3 is 2.42 bits per heavy atom. The largest absolute Gasteiger partial charge is 0.299 e. The lowest BCUT2D eigenvalue weighted by Crippen LogP contribution is -2.26. The third kappa shape index (κ3) is 2.57. The Bertz CT molecular complexity index is 271. The standard InChI is InChI=1S/C8H9FN2O/c1-6(12)10-11-8-4-2-7(9)3-5-8/h2-5,11H,1H3,(H,10,12). The van der Waals surface area contributed by atoms with Gasteiger partial charge in [-0.15, -0.1) is 0 Å². The minimum Gasteiger partial charge on any atom is -0.299 e. The van der Waals surface area contributed by atoms with Crippen molar-refractivity contribution in [3.05, 3.63) is 30.1 Å². The molecule has 0 atom stereocenters. The van der Waals surface area contributed by atoms with Crippen LogP contribution in [0.25, 0.3) is 0 Å². The van der Waals surface area contributed by atoms with Gasteiger partial charge in [0.25, 0.3) is 0 Å². The first-order valence-corrected chi connectivity index (χ1v) is 3.46. The molecule has 4 heteroatoms. The van der Waals surface area contributed by atoms with Gasteiger partial charge in [0.15, 0.2) is 0 Å². The van der Waals surface area contributed by atoms with Crippen LogP contribution in [-0.4, -0.2) is 5.91 Å². The number of hydrogen-bond acceptors (Lipinski definition) is 2. The summed E-state index contributed by atoms with van der Waals surface area (Å²) in [6.07, 6.45) is 0. The molecule has 12 heavy (non-hydrogen) atoms. The van der Waals surface area contributed by atoms with Gasteiger partial charge >= 0.3 is 0 Å². The zero-order valence-electron chi connectivity index (χ0n) is 6.60. The summed E-state index contributed by atoms with van der Waals surface area (Å²) in [7, 11) is 0. The minimum atomic E-state index is -0.302. The van der Waals surface area contributed by atoms with Gasteiger partial charge in [0.05, 0.1) is 5.69 Å². The smallest absolute Gasteiger partial charge is 0.235 e. The number of carbonyl (C=O) groups is 1. The van der Waals surface area contributed by atoms with Crippen LogP contribution in [0, 0.1) is 5.82 Å². The maximum Gasteiger partial charge on any atom is 0.235 e. The number of benzene rings is 1. The van der Waals surface area contributed by atoms with Gasteiger partial charge in [-0.05, 0) is 24.3 Å². The molecule has 0 bridgehead atoms. The van der Waals surface area contributed by atoms with E-state index < -0.39 is 0 Å². The molecule has 0 heterocycles. The molecule has 0 saturated carbocycles. The van der Waals surface area contributed by atoms with E-state index in [4.69, 9.17) is 0 Å². The van der Waals surface area contributed by atoms with Crippen LogP contribution in [0.1, 0.15) is 6.92 Å². The highest BCUT2D eigenvalue weighted by atomic mass is 19.1. The van der Waals surface area contributed by atoms with Gasteiger partial charge in [-0.3, -0.25) is 15.6 Å². The topological polar surface area (TPSA) is 41.1 Å². The monoisotopic (exact) mass is 168 g/mol. The van der Waals surface area contributed by atoms with Crippen LogP contribution in [0.2, 0.25) is 0 Å². The molecule has 0 radical (unpaired) electrons. The lowest BCUT2D eigenvalue weighted by Gasteiger charge is -2.04. The predicted molar refractivity (Wildman–Crippen MR) is 43.8 cm³/mol. The number of hydrazine groups is 1. The zero-order chi connectivity index (χ0) is 8.97. The van der Waals surface area contributed by atoms with Crippen molar-refractivity contribution in [1.82, 2.24) is 5.43 Å². The van der Waals surface area contributed by atoms with Gasteiger partial charge in [-0.2, -0.15) is 0 Å².